The van der Waals surface area contributed by atoms with Gasteiger partial charge in [-0.1, -0.05) is 0 Å². The van der Waals surface area contributed by atoms with Gasteiger partial charge in [0.2, 0.25) is 0 Å². The van der Waals surface area contributed by atoms with Crippen molar-refractivity contribution in [1.82, 2.24) is 0 Å². The molecular formula is C13H17NO4. The number of rotatable bonds is 3. The molecule has 0 amide bonds. The number of hydrogen-bond donors (Lipinski definition) is 1. The lowest BCUT2D eigenvalue weighted by Gasteiger charge is -2.34. The maximum absolute atomic E-state index is 11.2. The molecule has 1 N–H and O–H groups in total. The molecule has 1 unspecified atom stereocenters. The number of carboxylic acid groups (broad SMARTS) is 1. The zero-order chi connectivity index (χ0) is 13.3. The molecule has 1 atom stereocenters. The minimum atomic E-state index is -0.801. The summed E-state index contributed by atoms with van der Waals surface area (Å²) in [5.41, 5.74) is 1.91. The van der Waals surface area contributed by atoms with Crippen LogP contribution >= 0.6 is 0 Å². The Hall–Kier alpha value is -1.91. The number of carboxylic acids is 1. The molecular weight excluding hydrogens is 234 g/mol. The van der Waals surface area contributed by atoms with Crippen molar-refractivity contribution >= 4 is 11.7 Å². The Bertz CT molecular complexity index is 472. The average molecular weight is 251 g/mol. The number of likely N-dealkylation sites (N-methyl/N-ethyl adjacent to an activating group) is 1. The molecule has 0 aromatic heterocycles. The molecule has 1 aromatic rings. The highest BCUT2D eigenvalue weighted by molar-refractivity contribution is 5.80. The van der Waals surface area contributed by atoms with Crippen molar-refractivity contribution in [2.45, 2.75) is 18.9 Å². The lowest BCUT2D eigenvalue weighted by Crippen LogP contribution is -2.42. The van der Waals surface area contributed by atoms with E-state index in [1.54, 1.807) is 26.2 Å². The largest absolute Gasteiger partial charge is 0.497 e. The van der Waals surface area contributed by atoms with Crippen molar-refractivity contribution < 1.29 is 19.4 Å². The zero-order valence-corrected chi connectivity index (χ0v) is 10.8. The van der Waals surface area contributed by atoms with E-state index in [-0.39, 0.29) is 0 Å². The number of fused-ring (bicyclic) bond motifs is 1. The molecule has 1 aromatic carbocycles. The molecule has 5 heteroatoms. The van der Waals surface area contributed by atoms with Gasteiger partial charge >= 0.3 is 5.97 Å². The van der Waals surface area contributed by atoms with Gasteiger partial charge in [-0.05, 0) is 12.8 Å². The van der Waals surface area contributed by atoms with Crippen molar-refractivity contribution in [2.75, 3.05) is 26.2 Å². The first-order valence-electron chi connectivity index (χ1n) is 5.79. The lowest BCUT2D eigenvalue weighted by molar-refractivity contribution is -0.138. The molecule has 1 heterocycles. The fraction of sp³-hybridized carbons (Fsp3) is 0.462. The summed E-state index contributed by atoms with van der Waals surface area (Å²) >= 11 is 0. The first-order chi connectivity index (χ1) is 8.58. The van der Waals surface area contributed by atoms with Crippen LogP contribution in [-0.4, -0.2) is 38.4 Å². The average Bonchev–Trinajstić information content (AvgIpc) is 2.37. The second-order valence-electron chi connectivity index (χ2n) is 4.33. The van der Waals surface area contributed by atoms with E-state index in [4.69, 9.17) is 9.47 Å². The van der Waals surface area contributed by atoms with E-state index >= 15 is 0 Å². The molecule has 0 saturated heterocycles. The van der Waals surface area contributed by atoms with Crippen molar-refractivity contribution in [3.05, 3.63) is 17.7 Å². The Kier molecular flexibility index (Phi) is 3.32. The Labute approximate surface area is 106 Å². The summed E-state index contributed by atoms with van der Waals surface area (Å²) in [6.07, 6.45) is 1.28. The van der Waals surface area contributed by atoms with E-state index in [1.165, 1.54) is 0 Å². The molecule has 2 rings (SSSR count). The summed E-state index contributed by atoms with van der Waals surface area (Å²) in [5, 5.41) is 9.18. The SMILES string of the molecule is COc1cc(OC)c2c(c1)N(C)C(C(=O)O)CC2. The predicted molar refractivity (Wildman–Crippen MR) is 67.7 cm³/mol. The monoisotopic (exact) mass is 251 g/mol. The smallest absolute Gasteiger partial charge is 0.326 e. The molecule has 0 spiro atoms. The Morgan fingerprint density at radius 1 is 1.39 bits per heavy atom. The van der Waals surface area contributed by atoms with Crippen LogP contribution in [0, 0.1) is 0 Å². The van der Waals surface area contributed by atoms with Gasteiger partial charge in [0.25, 0.3) is 0 Å². The third-order valence-electron chi connectivity index (χ3n) is 3.41. The topological polar surface area (TPSA) is 59.0 Å². The lowest BCUT2D eigenvalue weighted by atomic mass is 9.95. The number of hydrogen-bond acceptors (Lipinski definition) is 4. The van der Waals surface area contributed by atoms with Crippen molar-refractivity contribution in [1.29, 1.82) is 0 Å². The van der Waals surface area contributed by atoms with Gasteiger partial charge in [0.1, 0.15) is 17.5 Å². The van der Waals surface area contributed by atoms with Gasteiger partial charge in [-0.25, -0.2) is 4.79 Å². The van der Waals surface area contributed by atoms with Crippen LogP contribution in [0.5, 0.6) is 11.5 Å². The maximum atomic E-state index is 11.2. The zero-order valence-electron chi connectivity index (χ0n) is 10.8. The first kappa shape index (κ1) is 12.5. The first-order valence-corrected chi connectivity index (χ1v) is 5.79. The third-order valence-corrected chi connectivity index (χ3v) is 3.41. The standard InChI is InChI=1S/C13H17NO4/c1-14-10(13(15)16)5-4-9-11(14)6-8(17-2)7-12(9)18-3/h6-7,10H,4-5H2,1-3H3,(H,15,16). The van der Waals surface area contributed by atoms with E-state index in [0.717, 1.165) is 17.0 Å². The van der Waals surface area contributed by atoms with Gasteiger partial charge in [0.15, 0.2) is 0 Å². The normalized spacial score (nSPS) is 18.2. The molecule has 5 nitrogen and oxygen atoms in total. The number of aliphatic carboxylic acids is 1. The van der Waals surface area contributed by atoms with E-state index in [9.17, 15) is 9.90 Å². The van der Waals surface area contributed by atoms with Crippen LogP contribution in [0.15, 0.2) is 12.1 Å². The number of nitrogens with zero attached hydrogens (tertiary/aromatic N) is 1. The molecule has 1 aliphatic rings. The van der Waals surface area contributed by atoms with Crippen molar-refractivity contribution in [3.63, 3.8) is 0 Å². The maximum Gasteiger partial charge on any atom is 0.326 e. The molecule has 1 aliphatic heterocycles. The van der Waals surface area contributed by atoms with Gasteiger partial charge in [-0.3, -0.25) is 0 Å². The Morgan fingerprint density at radius 3 is 2.67 bits per heavy atom. The molecule has 18 heavy (non-hydrogen) atoms. The van der Waals surface area contributed by atoms with Crippen molar-refractivity contribution in [2.24, 2.45) is 0 Å². The minimum absolute atomic E-state index is 0.491. The molecule has 0 bridgehead atoms. The fourth-order valence-electron chi connectivity index (χ4n) is 2.40. The van der Waals surface area contributed by atoms with E-state index < -0.39 is 12.0 Å². The Balaban J connectivity index is 2.49. The molecule has 0 fully saturated rings. The number of anilines is 1. The van der Waals surface area contributed by atoms with Crippen LogP contribution in [0.3, 0.4) is 0 Å². The van der Waals surface area contributed by atoms with Crippen LogP contribution in [0.4, 0.5) is 5.69 Å². The molecule has 0 radical (unpaired) electrons. The van der Waals surface area contributed by atoms with Crippen LogP contribution in [-0.2, 0) is 11.2 Å². The van der Waals surface area contributed by atoms with E-state index in [2.05, 4.69) is 0 Å². The number of carbonyl (C=O) groups is 1. The van der Waals surface area contributed by atoms with Gasteiger partial charge in [-0.15, -0.1) is 0 Å². The summed E-state index contributed by atoms with van der Waals surface area (Å²) < 4.78 is 10.6. The van der Waals surface area contributed by atoms with E-state index in [0.29, 0.717) is 18.6 Å². The third kappa shape index (κ3) is 1.96. The summed E-state index contributed by atoms with van der Waals surface area (Å²) in [6, 6.07) is 3.19. The highest BCUT2D eigenvalue weighted by Crippen LogP contribution is 2.39. The van der Waals surface area contributed by atoms with Gasteiger partial charge in [0.05, 0.1) is 14.2 Å². The van der Waals surface area contributed by atoms with Crippen LogP contribution in [0.1, 0.15) is 12.0 Å². The van der Waals surface area contributed by atoms with Crippen LogP contribution in [0.2, 0.25) is 0 Å². The quantitative estimate of drug-likeness (QED) is 0.883. The van der Waals surface area contributed by atoms with E-state index in [1.807, 2.05) is 12.1 Å². The number of methoxy groups -OCH3 is 2. The summed E-state index contributed by atoms with van der Waals surface area (Å²) in [5.74, 6) is 0.619. The minimum Gasteiger partial charge on any atom is -0.497 e. The predicted octanol–water partition coefficient (Wildman–Crippen LogP) is 1.54. The molecule has 98 valence electrons. The van der Waals surface area contributed by atoms with Crippen molar-refractivity contribution in [3.8, 4) is 11.5 Å². The highest BCUT2D eigenvalue weighted by atomic mass is 16.5. The van der Waals surface area contributed by atoms with Gasteiger partial charge < -0.3 is 19.5 Å². The van der Waals surface area contributed by atoms with Gasteiger partial charge in [-0.2, -0.15) is 0 Å². The molecule has 0 saturated carbocycles. The van der Waals surface area contributed by atoms with Crippen LogP contribution in [0.25, 0.3) is 0 Å². The molecule has 0 aliphatic carbocycles. The second kappa shape index (κ2) is 4.76. The summed E-state index contributed by atoms with van der Waals surface area (Å²) in [7, 11) is 4.98. The number of ether oxygens (including phenoxy) is 2. The highest BCUT2D eigenvalue weighted by Gasteiger charge is 2.31. The Morgan fingerprint density at radius 2 is 2.11 bits per heavy atom. The summed E-state index contributed by atoms with van der Waals surface area (Å²) in [4.78, 5) is 12.9. The van der Waals surface area contributed by atoms with Crippen LogP contribution < -0.4 is 14.4 Å². The number of benzene rings is 1. The summed E-state index contributed by atoms with van der Waals surface area (Å²) in [6.45, 7) is 0. The van der Waals surface area contributed by atoms with Gasteiger partial charge in [0, 0.05) is 30.4 Å². The second-order valence-corrected chi connectivity index (χ2v) is 4.33. The fourth-order valence-corrected chi connectivity index (χ4v) is 2.40.